The number of carbonyl (C=O) groups excluding carboxylic acids is 1. The van der Waals surface area contributed by atoms with E-state index in [4.69, 9.17) is 11.6 Å². The highest BCUT2D eigenvalue weighted by molar-refractivity contribution is 6.33. The molecule has 5 aromatic rings. The molecule has 1 unspecified atom stereocenters. The van der Waals surface area contributed by atoms with Crippen molar-refractivity contribution in [2.75, 3.05) is 11.4 Å². The minimum atomic E-state index is -0.366. The lowest BCUT2D eigenvalue weighted by Crippen LogP contribution is -2.43. The largest absolute Gasteiger partial charge is 0.363 e. The van der Waals surface area contributed by atoms with Crippen LogP contribution >= 0.6 is 11.6 Å². The summed E-state index contributed by atoms with van der Waals surface area (Å²) in [5.74, 6) is 0.0977. The second kappa shape index (κ2) is 9.61. The lowest BCUT2D eigenvalue weighted by molar-refractivity contribution is 0.0947. The van der Waals surface area contributed by atoms with Gasteiger partial charge in [0.2, 0.25) is 0 Å². The van der Waals surface area contributed by atoms with E-state index in [0.717, 1.165) is 49.4 Å². The number of benzene rings is 4. The molecule has 2 heterocycles. The normalized spacial score (nSPS) is 15.5. The van der Waals surface area contributed by atoms with E-state index >= 15 is 0 Å². The number of H-pyrrole nitrogens is 1. The monoisotopic (exact) mass is 492 g/mol. The molecule has 2 N–H and O–H groups in total. The van der Waals surface area contributed by atoms with E-state index < -0.39 is 0 Å². The molecule has 1 aliphatic heterocycles. The molecule has 0 amide bonds. The van der Waals surface area contributed by atoms with E-state index in [1.165, 1.54) is 0 Å². The highest BCUT2D eigenvalue weighted by Gasteiger charge is 2.28. The Morgan fingerprint density at radius 2 is 1.83 bits per heavy atom. The summed E-state index contributed by atoms with van der Waals surface area (Å²) in [7, 11) is 0. The van der Waals surface area contributed by atoms with Gasteiger partial charge >= 0.3 is 0 Å². The Morgan fingerprint density at radius 3 is 2.69 bits per heavy atom. The molecule has 0 saturated heterocycles. The first-order valence-electron chi connectivity index (χ1n) is 12.0. The van der Waals surface area contributed by atoms with Crippen LogP contribution in [0.3, 0.4) is 0 Å². The Hall–Kier alpha value is -3.93. The van der Waals surface area contributed by atoms with E-state index in [-0.39, 0.29) is 11.8 Å². The Kier molecular flexibility index (Phi) is 6.01. The zero-order valence-corrected chi connectivity index (χ0v) is 20.4. The van der Waals surface area contributed by atoms with Crippen LogP contribution in [-0.2, 0) is 13.1 Å². The van der Waals surface area contributed by atoms with E-state index in [1.54, 1.807) is 6.33 Å². The molecule has 0 fully saturated rings. The number of halogens is 1. The number of nitrogens with one attached hydrogen (secondary N) is 2. The second-order valence-electron chi connectivity index (χ2n) is 9.11. The molecule has 0 radical (unpaired) electrons. The molecule has 1 aliphatic rings. The number of Topliss-reactive ketones (excluding diaryl/α,β-unsaturated/α-hetero) is 1. The number of rotatable bonds is 5. The molecule has 4 aromatic carbocycles. The number of hydrogen-bond donors (Lipinski definition) is 2. The van der Waals surface area contributed by atoms with Gasteiger partial charge in [-0.05, 0) is 40.1 Å². The summed E-state index contributed by atoms with van der Waals surface area (Å²) in [5, 5.41) is 6.32. The number of ketones is 1. The number of nitrogens with zero attached hydrogens (tertiary/aromatic N) is 2. The average Bonchev–Trinajstić information content (AvgIpc) is 3.36. The van der Waals surface area contributed by atoms with Gasteiger partial charge in [0.1, 0.15) is 0 Å². The third-order valence-corrected chi connectivity index (χ3v) is 7.16. The number of imidazole rings is 1. The number of anilines is 1. The Bertz CT molecular complexity index is 1540. The summed E-state index contributed by atoms with van der Waals surface area (Å²) in [4.78, 5) is 23.5. The maximum Gasteiger partial charge on any atom is 0.182 e. The summed E-state index contributed by atoms with van der Waals surface area (Å²) in [6.45, 7) is 1.74. The van der Waals surface area contributed by atoms with Crippen molar-refractivity contribution in [3.8, 4) is 11.1 Å². The second-order valence-corrected chi connectivity index (χ2v) is 9.51. The summed E-state index contributed by atoms with van der Waals surface area (Å²) in [6.07, 6.45) is 3.52. The first-order chi connectivity index (χ1) is 17.7. The van der Waals surface area contributed by atoms with Gasteiger partial charge in [-0.15, -0.1) is 0 Å². The number of aromatic nitrogens is 2. The van der Waals surface area contributed by atoms with Crippen molar-refractivity contribution in [2.24, 2.45) is 0 Å². The molecular formula is C30H25ClN4O. The molecular weight excluding hydrogens is 468 g/mol. The van der Waals surface area contributed by atoms with Crippen molar-refractivity contribution in [3.05, 3.63) is 119 Å². The molecule has 1 aromatic heterocycles. The number of carbonyl (C=O) groups is 1. The minimum Gasteiger partial charge on any atom is -0.363 e. The van der Waals surface area contributed by atoms with Gasteiger partial charge in [0.05, 0.1) is 24.6 Å². The fourth-order valence-corrected chi connectivity index (χ4v) is 5.29. The summed E-state index contributed by atoms with van der Waals surface area (Å²) in [5.41, 5.74) is 6.02. The van der Waals surface area contributed by atoms with Crippen molar-refractivity contribution in [1.29, 1.82) is 0 Å². The summed E-state index contributed by atoms with van der Waals surface area (Å²) in [6, 6.07) is 27.9. The Labute approximate surface area is 214 Å². The van der Waals surface area contributed by atoms with Crippen LogP contribution in [0.2, 0.25) is 5.02 Å². The topological polar surface area (TPSA) is 61.0 Å². The zero-order valence-electron chi connectivity index (χ0n) is 19.6. The van der Waals surface area contributed by atoms with Crippen LogP contribution in [-0.4, -0.2) is 28.3 Å². The van der Waals surface area contributed by atoms with E-state index in [9.17, 15) is 4.79 Å². The van der Waals surface area contributed by atoms with Crippen LogP contribution in [0, 0.1) is 0 Å². The molecule has 178 valence electrons. The van der Waals surface area contributed by atoms with Gasteiger partial charge in [0, 0.05) is 41.1 Å². The predicted octanol–water partition coefficient (Wildman–Crippen LogP) is 6.24. The third-order valence-electron chi connectivity index (χ3n) is 6.83. The molecule has 0 saturated carbocycles. The maximum absolute atomic E-state index is 13.9. The van der Waals surface area contributed by atoms with Gasteiger partial charge in [-0.1, -0.05) is 78.3 Å². The van der Waals surface area contributed by atoms with Gasteiger partial charge in [0.25, 0.3) is 0 Å². The van der Waals surface area contributed by atoms with Crippen LogP contribution in [0.4, 0.5) is 5.69 Å². The molecule has 6 rings (SSSR count). The quantitative estimate of drug-likeness (QED) is 0.285. The third kappa shape index (κ3) is 4.28. The molecule has 0 aliphatic carbocycles. The van der Waals surface area contributed by atoms with Gasteiger partial charge < -0.3 is 15.2 Å². The van der Waals surface area contributed by atoms with Crippen LogP contribution in [0.5, 0.6) is 0 Å². The summed E-state index contributed by atoms with van der Waals surface area (Å²) >= 11 is 6.50. The lowest BCUT2D eigenvalue weighted by Gasteiger charge is -2.27. The van der Waals surface area contributed by atoms with Crippen molar-refractivity contribution < 1.29 is 4.79 Å². The van der Waals surface area contributed by atoms with E-state index in [2.05, 4.69) is 38.4 Å². The molecule has 6 heteroatoms. The smallest absolute Gasteiger partial charge is 0.182 e. The molecule has 1 atom stereocenters. The van der Waals surface area contributed by atoms with E-state index in [1.807, 2.05) is 72.9 Å². The molecule has 0 bridgehead atoms. The highest BCUT2D eigenvalue weighted by atomic mass is 35.5. The first-order valence-corrected chi connectivity index (χ1v) is 12.4. The van der Waals surface area contributed by atoms with Crippen molar-refractivity contribution in [2.45, 2.75) is 19.1 Å². The van der Waals surface area contributed by atoms with Crippen molar-refractivity contribution in [1.82, 2.24) is 15.3 Å². The zero-order chi connectivity index (χ0) is 24.5. The molecule has 5 nitrogen and oxygen atoms in total. The van der Waals surface area contributed by atoms with Crippen LogP contribution in [0.25, 0.3) is 21.9 Å². The van der Waals surface area contributed by atoms with Crippen LogP contribution in [0.1, 0.15) is 21.6 Å². The fourth-order valence-electron chi connectivity index (χ4n) is 5.04. The fraction of sp³-hybridized carbons (Fsp3) is 0.133. The Morgan fingerprint density at radius 1 is 1.00 bits per heavy atom. The first kappa shape index (κ1) is 22.5. The number of aromatic amines is 1. The number of fused-ring (bicyclic) bond motifs is 2. The van der Waals surface area contributed by atoms with E-state index in [0.29, 0.717) is 19.6 Å². The van der Waals surface area contributed by atoms with Crippen LogP contribution in [0.15, 0.2) is 97.5 Å². The van der Waals surface area contributed by atoms with Gasteiger partial charge in [-0.25, -0.2) is 4.98 Å². The predicted molar refractivity (Wildman–Crippen MR) is 145 cm³/mol. The summed E-state index contributed by atoms with van der Waals surface area (Å²) < 4.78 is 0. The minimum absolute atomic E-state index is 0.0977. The van der Waals surface area contributed by atoms with Crippen molar-refractivity contribution in [3.63, 3.8) is 0 Å². The number of hydrogen-bond acceptors (Lipinski definition) is 4. The molecule has 36 heavy (non-hydrogen) atoms. The van der Waals surface area contributed by atoms with Gasteiger partial charge in [0.15, 0.2) is 5.78 Å². The van der Waals surface area contributed by atoms with Crippen LogP contribution < -0.4 is 10.2 Å². The highest BCUT2D eigenvalue weighted by Crippen LogP contribution is 2.34. The van der Waals surface area contributed by atoms with Crippen molar-refractivity contribution >= 4 is 33.8 Å². The lowest BCUT2D eigenvalue weighted by atomic mass is 9.97. The SMILES string of the molecule is O=C(c1cccc2ccccc12)C1CN(Cc2cnc[nH]2)c2ccc(-c3ccccc3Cl)cc2CN1. The van der Waals surface area contributed by atoms with Gasteiger partial charge in [-0.2, -0.15) is 0 Å². The Balaban J connectivity index is 1.38. The molecule has 0 spiro atoms. The average molecular weight is 493 g/mol. The van der Waals surface area contributed by atoms with Gasteiger partial charge in [-0.3, -0.25) is 4.79 Å². The standard InChI is InChI=1S/C30H25ClN4O/c31-27-11-4-3-9-25(27)21-12-13-29-22(14-21)15-33-28(18-35(29)17-23-16-32-19-34-23)30(36)26-10-5-7-20-6-1-2-8-24(20)26/h1-14,16,19,28,33H,15,17-18H2,(H,32,34). The maximum atomic E-state index is 13.9.